The topological polar surface area (TPSA) is 208 Å². The summed E-state index contributed by atoms with van der Waals surface area (Å²) in [6, 6.07) is 1.75. The third kappa shape index (κ3) is 21500. The summed E-state index contributed by atoms with van der Waals surface area (Å²) >= 11 is 0. The number of hydrogen-bond acceptors (Lipinski definition) is 9. The molecule has 0 aromatic rings. The minimum Gasteiger partial charge on any atom is -0.222 e. The molecule has 0 aromatic carbocycles. The Morgan fingerprint density at radius 1 is 0.786 bits per heavy atom. The average Bonchev–Trinajstić information content (AvgIpc) is 1.52. The summed E-state index contributed by atoms with van der Waals surface area (Å²) in [4.78, 5) is 0. The van der Waals surface area contributed by atoms with Crippen LogP contribution in [0.1, 0.15) is 6.92 Å². The molecule has 0 bridgehead atoms. The van der Waals surface area contributed by atoms with Gasteiger partial charge in [0.2, 0.25) is 0 Å². The van der Waals surface area contributed by atoms with Crippen molar-refractivity contribution in [2.45, 2.75) is 6.92 Å². The van der Waals surface area contributed by atoms with Gasteiger partial charge in [0.15, 0.2) is 0 Å². The summed E-state index contributed by atoms with van der Waals surface area (Å²) in [5.41, 5.74) is 0. The summed E-state index contributed by atoms with van der Waals surface area (Å²) in [6.07, 6.45) is 0. The quantitative estimate of drug-likeness (QED) is 0.388. The van der Waals surface area contributed by atoms with E-state index in [1.165, 1.54) is 6.92 Å². The number of halogens is 2. The van der Waals surface area contributed by atoms with Crippen LogP contribution in [0.5, 0.6) is 0 Å². The van der Waals surface area contributed by atoms with Crippen molar-refractivity contribution in [2.75, 3.05) is 0 Å². The van der Waals surface area contributed by atoms with E-state index in [1.807, 2.05) is 0 Å². The van der Waals surface area contributed by atoms with Gasteiger partial charge in [-0.3, -0.25) is 0 Å². The average molecular weight is 303 g/mol. The predicted molar refractivity (Wildman–Crippen MR) is 11.3 cm³/mol. The molecule has 0 aliphatic rings. The molecule has 0 aliphatic heterocycles. The zero-order valence-corrected chi connectivity index (χ0v) is 8.72. The molecular weight excluding hydrogens is 300 g/mol. The van der Waals surface area contributed by atoms with Crippen LogP contribution in [0, 0.1) is 31.8 Å². The van der Waals surface area contributed by atoms with Crippen molar-refractivity contribution in [1.82, 2.24) is 0 Å². The standard InChI is InChI=1S/C2H3N.2ClHO4.Cu/c1-2-3;2*2-1(3,4)5;/h1H3;2*(H,2,3,4,5);/q;;;+2/p-2. The largest absolute Gasteiger partial charge is 2.00 e. The third-order valence-corrected chi connectivity index (χ3v) is 0. The van der Waals surface area contributed by atoms with Crippen molar-refractivity contribution >= 4 is 0 Å². The van der Waals surface area contributed by atoms with E-state index in [-0.39, 0.29) is 17.1 Å². The van der Waals surface area contributed by atoms with Gasteiger partial charge in [-0.05, 0) is 0 Å². The molecule has 0 N–H and O–H groups in total. The molecule has 0 saturated carbocycles. The molecule has 9 nitrogen and oxygen atoms in total. The Morgan fingerprint density at radius 3 is 0.786 bits per heavy atom. The molecule has 0 atom stereocenters. The second-order valence-corrected chi connectivity index (χ2v) is 2.49. The van der Waals surface area contributed by atoms with Crippen molar-refractivity contribution in [1.29, 1.82) is 5.26 Å². The van der Waals surface area contributed by atoms with Gasteiger partial charge >= 0.3 is 17.1 Å². The maximum atomic E-state index is 8.49. The monoisotopic (exact) mass is 302 g/mol. The van der Waals surface area contributed by atoms with Crippen molar-refractivity contribution < 1.29 is 74.8 Å². The van der Waals surface area contributed by atoms with Gasteiger partial charge in [0, 0.05) is 6.92 Å². The molecule has 0 spiro atoms. The van der Waals surface area contributed by atoms with E-state index < -0.39 is 20.5 Å². The van der Waals surface area contributed by atoms with Gasteiger partial charge in [0.1, 0.15) is 0 Å². The van der Waals surface area contributed by atoms with Crippen LogP contribution >= 0.6 is 0 Å². The Labute approximate surface area is 93.4 Å². The molecule has 0 saturated heterocycles. The first-order valence-electron chi connectivity index (χ1n) is 1.96. The second-order valence-electron chi connectivity index (χ2n) is 0.980. The second kappa shape index (κ2) is 11.3. The first kappa shape index (κ1) is 23.8. The Hall–Kier alpha value is 0.269. The van der Waals surface area contributed by atoms with E-state index in [1.54, 1.807) is 6.07 Å². The predicted octanol–water partition coefficient (Wildman–Crippen LogP) is -8.98. The van der Waals surface area contributed by atoms with Gasteiger partial charge in [-0.25, -0.2) is 37.3 Å². The van der Waals surface area contributed by atoms with Gasteiger partial charge in [0.05, 0.1) is 6.07 Å². The normalized spacial score (nSPS) is 9.14. The van der Waals surface area contributed by atoms with Gasteiger partial charge < -0.3 is 0 Å². The summed E-state index contributed by atoms with van der Waals surface area (Å²) in [5.74, 6) is 0. The SMILES string of the molecule is CC#N.[Cu+2].[O-][Cl+3]([O-])([O-])[O-].[O-][Cl+3]([O-])([O-])[O-]. The van der Waals surface area contributed by atoms with Crippen LogP contribution in [-0.4, -0.2) is 0 Å². The maximum Gasteiger partial charge on any atom is 2.00 e. The van der Waals surface area contributed by atoms with Crippen LogP contribution in [-0.2, 0) is 17.1 Å². The van der Waals surface area contributed by atoms with Crippen LogP contribution in [0.4, 0.5) is 0 Å². The first-order valence-corrected chi connectivity index (χ1v) is 4.43. The number of nitrogens with zero attached hydrogens (tertiary/aromatic N) is 1. The molecule has 0 rings (SSSR count). The van der Waals surface area contributed by atoms with Crippen molar-refractivity contribution in [3.8, 4) is 6.07 Å². The molecule has 0 aliphatic carbocycles. The van der Waals surface area contributed by atoms with Crippen molar-refractivity contribution in [2.24, 2.45) is 0 Å². The molecule has 0 aromatic heterocycles. The van der Waals surface area contributed by atoms with E-state index in [0.717, 1.165) is 0 Å². The minimum atomic E-state index is -4.94. The Kier molecular flexibility index (Phi) is 19.3. The molecule has 12 heteroatoms. The zero-order valence-electron chi connectivity index (χ0n) is 6.27. The number of nitriles is 1. The van der Waals surface area contributed by atoms with Crippen LogP contribution in [0.3, 0.4) is 0 Å². The van der Waals surface area contributed by atoms with E-state index >= 15 is 0 Å². The molecule has 0 amide bonds. The fourth-order valence-corrected chi connectivity index (χ4v) is 0. The summed E-state index contributed by atoms with van der Waals surface area (Å²) in [6.45, 7) is 1.43. The van der Waals surface area contributed by atoms with Crippen LogP contribution in [0.25, 0.3) is 0 Å². The molecule has 0 fully saturated rings. The Balaban J connectivity index is -0.0000000535. The summed E-state index contributed by atoms with van der Waals surface area (Å²) in [7, 11) is -9.89. The maximum absolute atomic E-state index is 8.49. The van der Waals surface area contributed by atoms with Gasteiger partial charge in [-0.2, -0.15) is 5.26 Å². The van der Waals surface area contributed by atoms with Gasteiger partial charge in [-0.15, -0.1) is 20.5 Å². The number of hydrogen-bond donors (Lipinski definition) is 0. The molecular formula is C2H3Cl2CuNO8. The van der Waals surface area contributed by atoms with Gasteiger partial charge in [-0.1, -0.05) is 0 Å². The Bertz CT molecular complexity index is 123. The Morgan fingerprint density at radius 2 is 0.786 bits per heavy atom. The van der Waals surface area contributed by atoms with E-state index in [9.17, 15) is 0 Å². The van der Waals surface area contributed by atoms with Crippen LogP contribution < -0.4 is 37.3 Å². The molecule has 0 heterocycles. The van der Waals surface area contributed by atoms with Gasteiger partial charge in [0.25, 0.3) is 0 Å². The van der Waals surface area contributed by atoms with E-state index in [2.05, 4.69) is 0 Å². The van der Waals surface area contributed by atoms with Crippen molar-refractivity contribution in [3.63, 3.8) is 0 Å². The molecule has 89 valence electrons. The minimum absolute atomic E-state index is 0. The zero-order chi connectivity index (χ0) is 11.7. The molecule has 1 radical (unpaired) electrons. The summed E-state index contributed by atoms with van der Waals surface area (Å²) in [5, 5.41) is 7.32. The molecule has 14 heavy (non-hydrogen) atoms. The molecule has 0 unspecified atom stereocenters. The number of rotatable bonds is 0. The van der Waals surface area contributed by atoms with E-state index in [4.69, 9.17) is 42.5 Å². The third-order valence-electron chi connectivity index (χ3n) is 0. The summed E-state index contributed by atoms with van der Waals surface area (Å²) < 4.78 is 67.9. The first-order chi connectivity index (χ1) is 5.41. The fraction of sp³-hybridized carbons (Fsp3) is 0.500. The van der Waals surface area contributed by atoms with Crippen LogP contribution in [0.15, 0.2) is 0 Å². The smallest absolute Gasteiger partial charge is 0.222 e. The fourth-order valence-electron chi connectivity index (χ4n) is 0. The van der Waals surface area contributed by atoms with E-state index in [0.29, 0.717) is 0 Å². The van der Waals surface area contributed by atoms with Crippen LogP contribution in [0.2, 0.25) is 0 Å². The van der Waals surface area contributed by atoms with Crippen molar-refractivity contribution in [3.05, 3.63) is 0 Å².